The fourth-order valence-corrected chi connectivity index (χ4v) is 2.47. The van der Waals surface area contributed by atoms with Gasteiger partial charge in [-0.2, -0.15) is 0 Å². The van der Waals surface area contributed by atoms with E-state index in [0.717, 1.165) is 25.1 Å². The first-order valence-electron chi connectivity index (χ1n) is 7.60. The maximum absolute atomic E-state index is 12.9. The average molecular weight is 286 g/mol. The molecule has 0 aliphatic carbocycles. The first kappa shape index (κ1) is 15.6. The minimum atomic E-state index is -0.286. The zero-order valence-electron chi connectivity index (χ0n) is 12.7. The minimum Gasteiger partial charge on any atom is -0.309 e. The third-order valence-electron chi connectivity index (χ3n) is 3.85. The number of hydrogen-bond donors (Lipinski definition) is 1. The first-order chi connectivity index (χ1) is 10.2. The van der Waals surface area contributed by atoms with Crippen LogP contribution in [0.4, 0.5) is 4.39 Å². The highest BCUT2D eigenvalue weighted by molar-refractivity contribution is 5.18. The van der Waals surface area contributed by atoms with Crippen LogP contribution in [0.15, 0.2) is 48.7 Å². The molecule has 2 unspecified atom stereocenters. The maximum atomic E-state index is 12.9. The third kappa shape index (κ3) is 4.64. The highest BCUT2D eigenvalue weighted by Crippen LogP contribution is 2.19. The molecule has 0 saturated carbocycles. The van der Waals surface area contributed by atoms with Crippen molar-refractivity contribution in [3.63, 3.8) is 0 Å². The molecule has 0 radical (unpaired) electrons. The van der Waals surface area contributed by atoms with Gasteiger partial charge < -0.3 is 5.32 Å². The van der Waals surface area contributed by atoms with E-state index >= 15 is 0 Å². The van der Waals surface area contributed by atoms with Gasteiger partial charge in [0.05, 0.1) is 11.9 Å². The third-order valence-corrected chi connectivity index (χ3v) is 3.85. The summed E-state index contributed by atoms with van der Waals surface area (Å²) in [5, 5.41) is 3.52. The molecule has 2 rings (SSSR count). The molecule has 112 valence electrons. The molecule has 1 aromatic heterocycles. The van der Waals surface area contributed by atoms with Crippen molar-refractivity contribution in [2.45, 2.75) is 38.6 Å². The van der Waals surface area contributed by atoms with Crippen molar-refractivity contribution in [3.05, 3.63) is 65.7 Å². The zero-order chi connectivity index (χ0) is 15.1. The van der Waals surface area contributed by atoms with Gasteiger partial charge in [-0.3, -0.25) is 4.98 Å². The van der Waals surface area contributed by atoms with Crippen molar-refractivity contribution in [1.29, 1.82) is 0 Å². The van der Waals surface area contributed by atoms with E-state index in [4.69, 9.17) is 0 Å². The fraction of sp³-hybridized carbons (Fsp3) is 0.389. The highest BCUT2D eigenvalue weighted by Gasteiger charge is 2.11. The van der Waals surface area contributed by atoms with Gasteiger partial charge in [0.15, 0.2) is 0 Å². The predicted octanol–water partition coefficient (Wildman–Crippen LogP) is 4.46. The molecular weight excluding hydrogens is 263 g/mol. The standard InChI is InChI=1S/C18H23FN2/c1-3-17(18-10-9-16(19)13-21-18)20-12-11-14(2)15-7-5-4-6-8-15/h4-10,13-14,17,20H,3,11-12H2,1-2H3. The summed E-state index contributed by atoms with van der Waals surface area (Å²) in [5.41, 5.74) is 2.28. The maximum Gasteiger partial charge on any atom is 0.141 e. The smallest absolute Gasteiger partial charge is 0.141 e. The Morgan fingerprint density at radius 1 is 1.14 bits per heavy atom. The number of hydrogen-bond acceptors (Lipinski definition) is 2. The molecule has 1 N–H and O–H groups in total. The Balaban J connectivity index is 1.85. The predicted molar refractivity (Wildman–Crippen MR) is 84.7 cm³/mol. The summed E-state index contributed by atoms with van der Waals surface area (Å²) in [5.74, 6) is 0.240. The molecule has 2 nitrogen and oxygen atoms in total. The quantitative estimate of drug-likeness (QED) is 0.813. The molecule has 3 heteroatoms. The lowest BCUT2D eigenvalue weighted by Crippen LogP contribution is -2.23. The topological polar surface area (TPSA) is 24.9 Å². The fourth-order valence-electron chi connectivity index (χ4n) is 2.47. The Morgan fingerprint density at radius 3 is 2.52 bits per heavy atom. The second-order valence-corrected chi connectivity index (χ2v) is 5.42. The number of nitrogens with one attached hydrogen (secondary N) is 1. The lowest BCUT2D eigenvalue weighted by molar-refractivity contribution is 0.482. The van der Waals surface area contributed by atoms with Crippen molar-refractivity contribution in [3.8, 4) is 0 Å². The molecule has 21 heavy (non-hydrogen) atoms. The molecule has 1 aromatic carbocycles. The molecule has 0 amide bonds. The van der Waals surface area contributed by atoms with Crippen LogP contribution in [-0.4, -0.2) is 11.5 Å². The first-order valence-corrected chi connectivity index (χ1v) is 7.60. The van der Waals surface area contributed by atoms with Gasteiger partial charge in [0.1, 0.15) is 5.82 Å². The Hall–Kier alpha value is -1.74. The monoisotopic (exact) mass is 286 g/mol. The Kier molecular flexibility index (Phi) is 5.88. The van der Waals surface area contributed by atoms with E-state index in [-0.39, 0.29) is 11.9 Å². The number of benzene rings is 1. The Bertz CT molecular complexity index is 525. The molecule has 0 aliphatic rings. The zero-order valence-corrected chi connectivity index (χ0v) is 12.7. The van der Waals surface area contributed by atoms with Crippen LogP contribution in [0, 0.1) is 5.82 Å². The van der Waals surface area contributed by atoms with Crippen molar-refractivity contribution < 1.29 is 4.39 Å². The normalized spacial score (nSPS) is 13.9. The highest BCUT2D eigenvalue weighted by atomic mass is 19.1. The van der Waals surface area contributed by atoms with Crippen LogP contribution in [-0.2, 0) is 0 Å². The van der Waals surface area contributed by atoms with Gasteiger partial charge in [-0.1, -0.05) is 44.2 Å². The number of nitrogens with zero attached hydrogens (tertiary/aromatic N) is 1. The van der Waals surface area contributed by atoms with Crippen LogP contribution in [0.25, 0.3) is 0 Å². The molecule has 0 aliphatic heterocycles. The summed E-state index contributed by atoms with van der Waals surface area (Å²) >= 11 is 0. The summed E-state index contributed by atoms with van der Waals surface area (Å²) in [6, 6.07) is 14.0. The van der Waals surface area contributed by atoms with Crippen LogP contribution in [0.5, 0.6) is 0 Å². The number of pyridine rings is 1. The van der Waals surface area contributed by atoms with Crippen LogP contribution in [0.2, 0.25) is 0 Å². The van der Waals surface area contributed by atoms with E-state index in [1.165, 1.54) is 17.8 Å². The van der Waals surface area contributed by atoms with Crippen LogP contribution >= 0.6 is 0 Å². The van der Waals surface area contributed by atoms with Crippen LogP contribution in [0.3, 0.4) is 0 Å². The van der Waals surface area contributed by atoms with Gasteiger partial charge in [0.25, 0.3) is 0 Å². The van der Waals surface area contributed by atoms with E-state index in [0.29, 0.717) is 5.92 Å². The lowest BCUT2D eigenvalue weighted by Gasteiger charge is -2.18. The molecule has 0 bridgehead atoms. The van der Waals surface area contributed by atoms with Gasteiger partial charge >= 0.3 is 0 Å². The second-order valence-electron chi connectivity index (χ2n) is 5.42. The Labute approximate surface area is 126 Å². The SMILES string of the molecule is CCC(NCCC(C)c1ccccc1)c1ccc(F)cn1. The van der Waals surface area contributed by atoms with E-state index in [2.05, 4.69) is 48.4 Å². The second kappa shape index (κ2) is 7.89. The molecule has 0 fully saturated rings. The molecule has 0 spiro atoms. The lowest BCUT2D eigenvalue weighted by atomic mass is 9.97. The van der Waals surface area contributed by atoms with Crippen molar-refractivity contribution >= 4 is 0 Å². The number of aromatic nitrogens is 1. The molecule has 1 heterocycles. The van der Waals surface area contributed by atoms with Crippen molar-refractivity contribution in [1.82, 2.24) is 10.3 Å². The van der Waals surface area contributed by atoms with E-state index in [1.807, 2.05) is 6.07 Å². The summed E-state index contributed by atoms with van der Waals surface area (Å²) in [6.45, 7) is 5.28. The summed E-state index contributed by atoms with van der Waals surface area (Å²) in [7, 11) is 0. The average Bonchev–Trinajstić information content (AvgIpc) is 2.53. The largest absolute Gasteiger partial charge is 0.309 e. The van der Waals surface area contributed by atoms with Gasteiger partial charge in [0, 0.05) is 6.04 Å². The van der Waals surface area contributed by atoms with Gasteiger partial charge in [-0.15, -0.1) is 0 Å². The molecule has 2 aromatic rings. The van der Waals surface area contributed by atoms with Gasteiger partial charge in [0.2, 0.25) is 0 Å². The van der Waals surface area contributed by atoms with Crippen molar-refractivity contribution in [2.75, 3.05) is 6.54 Å². The summed E-state index contributed by atoms with van der Waals surface area (Å²) < 4.78 is 12.9. The number of halogens is 1. The van der Waals surface area contributed by atoms with E-state index in [9.17, 15) is 4.39 Å². The number of rotatable bonds is 7. The van der Waals surface area contributed by atoms with Gasteiger partial charge in [-0.25, -0.2) is 4.39 Å². The Morgan fingerprint density at radius 2 is 1.90 bits per heavy atom. The molecule has 0 saturated heterocycles. The summed E-state index contributed by atoms with van der Waals surface area (Å²) in [6.07, 6.45) is 3.30. The van der Waals surface area contributed by atoms with Crippen LogP contribution < -0.4 is 5.32 Å². The van der Waals surface area contributed by atoms with Crippen molar-refractivity contribution in [2.24, 2.45) is 0 Å². The minimum absolute atomic E-state index is 0.188. The van der Waals surface area contributed by atoms with Gasteiger partial charge in [-0.05, 0) is 43.0 Å². The van der Waals surface area contributed by atoms with Crippen LogP contribution in [0.1, 0.15) is 49.9 Å². The summed E-state index contributed by atoms with van der Waals surface area (Å²) in [4.78, 5) is 4.17. The molecular formula is C18H23FN2. The van der Waals surface area contributed by atoms with E-state index < -0.39 is 0 Å². The molecule has 2 atom stereocenters. The van der Waals surface area contributed by atoms with E-state index in [1.54, 1.807) is 6.07 Å².